The van der Waals surface area contributed by atoms with E-state index in [0.29, 0.717) is 14.6 Å². The lowest BCUT2D eigenvalue weighted by molar-refractivity contribution is 0.0923. The number of pyridine rings is 1. The van der Waals surface area contributed by atoms with E-state index in [1.165, 1.54) is 6.20 Å². The summed E-state index contributed by atoms with van der Waals surface area (Å²) in [5.41, 5.74) is 0.450. The van der Waals surface area contributed by atoms with Crippen molar-refractivity contribution in [3.05, 3.63) is 26.9 Å². The third kappa shape index (κ3) is 3.89. The SMILES string of the molecule is C[C@H](O)CNC(=O)c1cnc(Br)c(Br)c1. The molecule has 0 bridgehead atoms. The van der Waals surface area contributed by atoms with Crippen LogP contribution in [0.15, 0.2) is 21.3 Å². The largest absolute Gasteiger partial charge is 0.392 e. The zero-order valence-electron chi connectivity index (χ0n) is 8.00. The molecule has 0 aromatic carbocycles. The lowest BCUT2D eigenvalue weighted by atomic mass is 10.2. The molecule has 1 amide bonds. The predicted octanol–water partition coefficient (Wildman–Crippen LogP) is 1.72. The molecule has 0 saturated heterocycles. The van der Waals surface area contributed by atoms with Gasteiger partial charge in [-0.3, -0.25) is 4.79 Å². The second-order valence-electron chi connectivity index (χ2n) is 3.06. The number of halogens is 2. The minimum atomic E-state index is -0.555. The van der Waals surface area contributed by atoms with Crippen LogP contribution in [0.2, 0.25) is 0 Å². The van der Waals surface area contributed by atoms with Gasteiger partial charge in [-0.2, -0.15) is 0 Å². The van der Waals surface area contributed by atoms with Crippen molar-refractivity contribution in [2.75, 3.05) is 6.54 Å². The van der Waals surface area contributed by atoms with E-state index < -0.39 is 6.10 Å². The van der Waals surface area contributed by atoms with Crippen LogP contribution in [-0.4, -0.2) is 28.6 Å². The van der Waals surface area contributed by atoms with Crippen molar-refractivity contribution in [3.8, 4) is 0 Å². The van der Waals surface area contributed by atoms with Gasteiger partial charge in [0.2, 0.25) is 0 Å². The van der Waals surface area contributed by atoms with Crippen LogP contribution in [-0.2, 0) is 0 Å². The maximum Gasteiger partial charge on any atom is 0.252 e. The number of hydrogen-bond donors (Lipinski definition) is 2. The Kier molecular flexibility index (Phi) is 4.69. The Morgan fingerprint density at radius 1 is 1.67 bits per heavy atom. The van der Waals surface area contributed by atoms with Gasteiger partial charge in [-0.25, -0.2) is 4.98 Å². The van der Waals surface area contributed by atoms with Crippen LogP contribution in [0.3, 0.4) is 0 Å². The van der Waals surface area contributed by atoms with Crippen molar-refractivity contribution < 1.29 is 9.90 Å². The summed E-state index contributed by atoms with van der Waals surface area (Å²) in [4.78, 5) is 15.5. The molecule has 1 heterocycles. The number of aliphatic hydroxyl groups excluding tert-OH is 1. The molecular formula is C9H10Br2N2O2. The Balaban J connectivity index is 2.70. The topological polar surface area (TPSA) is 62.2 Å². The number of hydrogen-bond acceptors (Lipinski definition) is 3. The van der Waals surface area contributed by atoms with Gasteiger partial charge < -0.3 is 10.4 Å². The summed E-state index contributed by atoms with van der Waals surface area (Å²) >= 11 is 6.47. The van der Waals surface area contributed by atoms with E-state index in [0.717, 1.165) is 0 Å². The molecule has 0 spiro atoms. The fourth-order valence-corrected chi connectivity index (χ4v) is 1.45. The van der Waals surface area contributed by atoms with Gasteiger partial charge in [0.15, 0.2) is 0 Å². The number of aromatic nitrogens is 1. The second-order valence-corrected chi connectivity index (χ2v) is 4.66. The first-order chi connectivity index (χ1) is 7.00. The molecule has 0 aliphatic heterocycles. The molecule has 0 fully saturated rings. The molecule has 0 radical (unpaired) electrons. The third-order valence-corrected chi connectivity index (χ3v) is 3.38. The number of carbonyl (C=O) groups is 1. The molecule has 1 aromatic heterocycles. The van der Waals surface area contributed by atoms with Crippen LogP contribution >= 0.6 is 31.9 Å². The molecule has 2 N–H and O–H groups in total. The van der Waals surface area contributed by atoms with Gasteiger partial charge in [0.05, 0.1) is 16.1 Å². The Labute approximate surface area is 104 Å². The number of amides is 1. The average molecular weight is 338 g/mol. The van der Waals surface area contributed by atoms with Crippen LogP contribution in [0, 0.1) is 0 Å². The molecule has 0 saturated carbocycles. The number of nitrogens with one attached hydrogen (secondary N) is 1. The summed E-state index contributed by atoms with van der Waals surface area (Å²) in [5.74, 6) is -0.253. The van der Waals surface area contributed by atoms with Crippen molar-refractivity contribution in [2.45, 2.75) is 13.0 Å². The summed E-state index contributed by atoms with van der Waals surface area (Å²) in [6, 6.07) is 1.66. The lowest BCUT2D eigenvalue weighted by Gasteiger charge is -2.07. The highest BCUT2D eigenvalue weighted by Crippen LogP contribution is 2.20. The molecule has 1 rings (SSSR count). The molecular weight excluding hydrogens is 328 g/mol. The van der Waals surface area contributed by atoms with E-state index in [-0.39, 0.29) is 12.5 Å². The van der Waals surface area contributed by atoms with Crippen LogP contribution in [0.25, 0.3) is 0 Å². The standard InChI is InChI=1S/C9H10Br2N2O2/c1-5(14)3-13-9(15)6-2-7(10)8(11)12-4-6/h2,4-5,14H,3H2,1H3,(H,13,15)/t5-/m0/s1. The molecule has 1 atom stereocenters. The molecule has 1 aromatic rings. The Morgan fingerprint density at radius 3 is 2.87 bits per heavy atom. The van der Waals surface area contributed by atoms with E-state index in [1.807, 2.05) is 0 Å². The minimum Gasteiger partial charge on any atom is -0.392 e. The lowest BCUT2D eigenvalue weighted by Crippen LogP contribution is -2.30. The zero-order valence-corrected chi connectivity index (χ0v) is 11.2. The maximum absolute atomic E-state index is 11.5. The number of aliphatic hydroxyl groups is 1. The first kappa shape index (κ1) is 12.6. The molecule has 4 nitrogen and oxygen atoms in total. The van der Waals surface area contributed by atoms with Crippen molar-refractivity contribution in [1.29, 1.82) is 0 Å². The fraction of sp³-hybridized carbons (Fsp3) is 0.333. The minimum absolute atomic E-state index is 0.229. The van der Waals surface area contributed by atoms with Crippen LogP contribution < -0.4 is 5.32 Å². The quantitative estimate of drug-likeness (QED) is 0.825. The van der Waals surface area contributed by atoms with E-state index in [9.17, 15) is 4.79 Å². The van der Waals surface area contributed by atoms with E-state index in [1.54, 1.807) is 13.0 Å². The summed E-state index contributed by atoms with van der Waals surface area (Å²) in [6.07, 6.45) is 0.910. The van der Waals surface area contributed by atoms with Crippen LogP contribution in [0.1, 0.15) is 17.3 Å². The Morgan fingerprint density at radius 2 is 2.33 bits per heavy atom. The monoisotopic (exact) mass is 336 g/mol. The molecule has 6 heteroatoms. The van der Waals surface area contributed by atoms with Crippen molar-refractivity contribution >= 4 is 37.8 Å². The molecule has 0 aliphatic carbocycles. The fourth-order valence-electron chi connectivity index (χ4n) is 0.888. The highest BCUT2D eigenvalue weighted by Gasteiger charge is 2.08. The van der Waals surface area contributed by atoms with Gasteiger partial charge in [-0.1, -0.05) is 0 Å². The smallest absolute Gasteiger partial charge is 0.252 e. The number of carbonyl (C=O) groups excluding carboxylic acids is 1. The Bertz CT molecular complexity index is 369. The molecule has 15 heavy (non-hydrogen) atoms. The number of nitrogens with zero attached hydrogens (tertiary/aromatic N) is 1. The molecule has 82 valence electrons. The highest BCUT2D eigenvalue weighted by atomic mass is 79.9. The van der Waals surface area contributed by atoms with E-state index in [4.69, 9.17) is 5.11 Å². The van der Waals surface area contributed by atoms with Crippen LogP contribution in [0.4, 0.5) is 0 Å². The van der Waals surface area contributed by atoms with E-state index in [2.05, 4.69) is 42.2 Å². The van der Waals surface area contributed by atoms with Crippen molar-refractivity contribution in [3.63, 3.8) is 0 Å². The first-order valence-electron chi connectivity index (χ1n) is 4.28. The van der Waals surface area contributed by atoms with Gasteiger partial charge in [0.25, 0.3) is 5.91 Å². The average Bonchev–Trinajstić information content (AvgIpc) is 2.18. The van der Waals surface area contributed by atoms with Gasteiger partial charge in [-0.05, 0) is 44.8 Å². The third-order valence-electron chi connectivity index (χ3n) is 1.62. The highest BCUT2D eigenvalue weighted by molar-refractivity contribution is 9.13. The molecule has 0 aliphatic rings. The summed E-state index contributed by atoms with van der Waals surface area (Å²) in [5, 5.41) is 11.6. The van der Waals surface area contributed by atoms with Crippen molar-refractivity contribution in [2.24, 2.45) is 0 Å². The van der Waals surface area contributed by atoms with Crippen molar-refractivity contribution in [1.82, 2.24) is 10.3 Å². The molecule has 0 unspecified atom stereocenters. The van der Waals surface area contributed by atoms with Crippen LogP contribution in [0.5, 0.6) is 0 Å². The zero-order chi connectivity index (χ0) is 11.4. The Hall–Kier alpha value is -0.460. The van der Waals surface area contributed by atoms with Gasteiger partial charge in [0, 0.05) is 12.7 Å². The number of rotatable bonds is 3. The summed E-state index contributed by atoms with van der Waals surface area (Å²) in [7, 11) is 0. The maximum atomic E-state index is 11.5. The van der Waals surface area contributed by atoms with Gasteiger partial charge in [-0.15, -0.1) is 0 Å². The summed E-state index contributed by atoms with van der Waals surface area (Å²) < 4.78 is 1.36. The second kappa shape index (κ2) is 5.58. The normalized spacial score (nSPS) is 12.3. The summed E-state index contributed by atoms with van der Waals surface area (Å²) in [6.45, 7) is 1.84. The first-order valence-corrected chi connectivity index (χ1v) is 5.86. The predicted molar refractivity (Wildman–Crippen MR) is 63.7 cm³/mol. The van der Waals surface area contributed by atoms with E-state index >= 15 is 0 Å². The van der Waals surface area contributed by atoms with Gasteiger partial charge in [0.1, 0.15) is 4.60 Å². The van der Waals surface area contributed by atoms with Gasteiger partial charge >= 0.3 is 0 Å².